The molecule has 15 heteroatoms. The van der Waals surface area contributed by atoms with E-state index >= 15 is 0 Å². The third-order valence-corrected chi connectivity index (χ3v) is 8.86. The number of rotatable bonds is 7. The van der Waals surface area contributed by atoms with Crippen molar-refractivity contribution in [1.29, 1.82) is 0 Å². The fourth-order valence-electron chi connectivity index (χ4n) is 6.61. The van der Waals surface area contributed by atoms with Crippen molar-refractivity contribution < 1.29 is 37.4 Å². The van der Waals surface area contributed by atoms with E-state index in [1.165, 1.54) is 18.2 Å². The van der Waals surface area contributed by atoms with Gasteiger partial charge in [0.25, 0.3) is 5.82 Å². The van der Waals surface area contributed by atoms with Crippen molar-refractivity contribution in [2.75, 3.05) is 19.7 Å². The second-order valence-electron chi connectivity index (χ2n) is 11.6. The zero-order chi connectivity index (χ0) is 30.3. The van der Waals surface area contributed by atoms with Gasteiger partial charge in [-0.25, -0.2) is 0 Å². The summed E-state index contributed by atoms with van der Waals surface area (Å²) in [4.78, 5) is 40.8. The zero-order valence-corrected chi connectivity index (χ0v) is 23.3. The van der Waals surface area contributed by atoms with Crippen molar-refractivity contribution in [3.05, 3.63) is 41.4 Å². The van der Waals surface area contributed by atoms with Crippen molar-refractivity contribution in [3.63, 3.8) is 0 Å². The number of fused-ring (bicyclic) bond motifs is 1. The number of imide groups is 1. The average Bonchev–Trinajstić information content (AvgIpc) is 3.59. The second kappa shape index (κ2) is 11.6. The van der Waals surface area contributed by atoms with Crippen LogP contribution in [0.15, 0.2) is 30.0 Å². The number of amides is 3. The Balaban J connectivity index is 1.09. The van der Waals surface area contributed by atoms with E-state index in [1.54, 1.807) is 4.90 Å². The average molecular weight is 604 g/mol. The number of tetrazole rings is 1. The van der Waals surface area contributed by atoms with Crippen LogP contribution in [0.5, 0.6) is 5.75 Å². The molecule has 0 radical (unpaired) electrons. The number of benzene rings is 1. The van der Waals surface area contributed by atoms with Crippen molar-refractivity contribution in [2.24, 2.45) is 11.8 Å². The molecule has 12 nitrogen and oxygen atoms in total. The number of phenolic OH excluding ortho intramolecular Hbond substituents is 1. The number of ether oxygens (including phenoxy) is 1. The number of hydrogen-bond acceptors (Lipinski definition) is 9. The summed E-state index contributed by atoms with van der Waals surface area (Å²) >= 11 is 0. The van der Waals surface area contributed by atoms with Crippen LogP contribution >= 0.6 is 0 Å². The molecule has 4 atom stereocenters. The minimum atomic E-state index is -4.74. The van der Waals surface area contributed by atoms with Gasteiger partial charge >= 0.3 is 6.18 Å². The van der Waals surface area contributed by atoms with Crippen LogP contribution in [0, 0.1) is 11.8 Å². The summed E-state index contributed by atoms with van der Waals surface area (Å²) in [5.74, 6) is -1.47. The van der Waals surface area contributed by atoms with Crippen molar-refractivity contribution >= 4 is 17.7 Å². The van der Waals surface area contributed by atoms with Crippen LogP contribution in [0.3, 0.4) is 0 Å². The maximum absolute atomic E-state index is 13.3. The molecule has 2 N–H and O–H groups in total. The highest BCUT2D eigenvalue weighted by molar-refractivity contribution is 6.02. The Bertz CT molecular complexity index is 1440. The highest BCUT2D eigenvalue weighted by Crippen LogP contribution is 2.39. The molecular weight excluding hydrogens is 571 g/mol. The lowest BCUT2D eigenvalue weighted by Gasteiger charge is -2.36. The SMILES string of the molecule is O=C1CCC(N2CC3CC(OCC4CCCCN4Cc4cc(-n5nnnc5C(F)(F)F)ccc4O)=CCC3C2=O)C(=O)N1. The maximum Gasteiger partial charge on any atom is 0.453 e. The summed E-state index contributed by atoms with van der Waals surface area (Å²) < 4.78 is 46.9. The summed E-state index contributed by atoms with van der Waals surface area (Å²) in [5, 5.41) is 22.6. The number of halogens is 3. The largest absolute Gasteiger partial charge is 0.508 e. The number of phenols is 1. The number of carbonyl (C=O) groups is 3. The third-order valence-electron chi connectivity index (χ3n) is 8.86. The van der Waals surface area contributed by atoms with E-state index in [-0.39, 0.29) is 47.5 Å². The summed E-state index contributed by atoms with van der Waals surface area (Å²) in [6.07, 6.45) is 1.64. The molecule has 4 aliphatic rings. The van der Waals surface area contributed by atoms with Gasteiger partial charge in [-0.2, -0.15) is 17.9 Å². The van der Waals surface area contributed by atoms with Crippen LogP contribution in [0.4, 0.5) is 13.2 Å². The smallest absolute Gasteiger partial charge is 0.453 e. The molecule has 4 heterocycles. The Kier molecular flexibility index (Phi) is 7.83. The van der Waals surface area contributed by atoms with Crippen molar-refractivity contribution in [3.8, 4) is 11.4 Å². The first-order valence-corrected chi connectivity index (χ1v) is 14.5. The number of nitrogens with zero attached hydrogens (tertiary/aromatic N) is 6. The van der Waals surface area contributed by atoms with E-state index in [4.69, 9.17) is 4.74 Å². The molecule has 4 unspecified atom stereocenters. The number of nitrogens with one attached hydrogen (secondary N) is 1. The van der Waals surface area contributed by atoms with E-state index in [0.717, 1.165) is 31.6 Å². The number of hydrogen-bond donors (Lipinski definition) is 2. The first-order chi connectivity index (χ1) is 20.6. The molecule has 43 heavy (non-hydrogen) atoms. The number of alkyl halides is 3. The Hall–Kier alpha value is -4.01. The zero-order valence-electron chi connectivity index (χ0n) is 23.3. The quantitative estimate of drug-likeness (QED) is 0.456. The van der Waals surface area contributed by atoms with E-state index in [2.05, 4.69) is 25.7 Å². The van der Waals surface area contributed by atoms with Gasteiger partial charge < -0.3 is 14.7 Å². The normalized spacial score (nSPS) is 26.7. The minimum Gasteiger partial charge on any atom is -0.508 e. The van der Waals surface area contributed by atoms with Crippen LogP contribution in [0.25, 0.3) is 5.69 Å². The Morgan fingerprint density at radius 3 is 2.77 bits per heavy atom. The molecule has 0 bridgehead atoms. The van der Waals surface area contributed by atoms with Gasteiger partial charge in [-0.3, -0.25) is 24.6 Å². The van der Waals surface area contributed by atoms with Gasteiger partial charge in [0.1, 0.15) is 18.4 Å². The van der Waals surface area contributed by atoms with Crippen LogP contribution in [-0.4, -0.2) is 84.6 Å². The molecule has 1 aromatic heterocycles. The topological polar surface area (TPSA) is 143 Å². The van der Waals surface area contributed by atoms with E-state index < -0.39 is 23.9 Å². The maximum atomic E-state index is 13.3. The molecule has 3 aliphatic heterocycles. The number of aromatic hydroxyl groups is 1. The molecule has 3 amide bonds. The number of aromatic nitrogens is 4. The fourth-order valence-corrected chi connectivity index (χ4v) is 6.61. The molecule has 2 aromatic rings. The fraction of sp³-hybridized carbons (Fsp3) is 0.571. The van der Waals surface area contributed by atoms with Gasteiger partial charge in [-0.05, 0) is 72.8 Å². The standard InChI is InChI=1S/C28H32F3N7O5/c29-28(30,31)27-33-34-35-38(27)18-4-8-23(39)17(11-18)13-36-10-2-1-3-19(36)15-43-20-5-6-21-16(12-20)14-37(26(21)42)22-7-9-24(40)32-25(22)41/h4-5,8,11,16,19,21-22,39H,1-3,6-7,9-10,12-15H2,(H,32,40,41). The van der Waals surface area contributed by atoms with Crippen molar-refractivity contribution in [1.82, 2.24) is 35.3 Å². The highest BCUT2D eigenvalue weighted by atomic mass is 19.4. The molecule has 230 valence electrons. The van der Waals surface area contributed by atoms with Gasteiger partial charge in [0.2, 0.25) is 17.7 Å². The minimum absolute atomic E-state index is 0.0133. The summed E-state index contributed by atoms with van der Waals surface area (Å²) in [7, 11) is 0. The molecule has 0 spiro atoms. The van der Waals surface area contributed by atoms with Gasteiger partial charge in [0.15, 0.2) is 0 Å². The predicted octanol–water partition coefficient (Wildman–Crippen LogP) is 2.32. The molecular formula is C28H32F3N7O5. The van der Waals surface area contributed by atoms with Crippen LogP contribution < -0.4 is 5.32 Å². The summed E-state index contributed by atoms with van der Waals surface area (Å²) in [5.41, 5.74) is 0.542. The van der Waals surface area contributed by atoms with Crippen LogP contribution in [-0.2, 0) is 31.8 Å². The van der Waals surface area contributed by atoms with E-state index in [1.807, 2.05) is 6.08 Å². The van der Waals surface area contributed by atoms with E-state index in [0.29, 0.717) is 49.2 Å². The third kappa shape index (κ3) is 5.94. The second-order valence-corrected chi connectivity index (χ2v) is 11.6. The number of allylic oxidation sites excluding steroid dienone is 2. The Morgan fingerprint density at radius 1 is 1.14 bits per heavy atom. The predicted molar refractivity (Wildman–Crippen MR) is 142 cm³/mol. The lowest BCUT2D eigenvalue weighted by molar-refractivity contribution is -0.146. The van der Waals surface area contributed by atoms with Gasteiger partial charge in [0, 0.05) is 43.5 Å². The Morgan fingerprint density at radius 2 is 1.98 bits per heavy atom. The molecule has 6 rings (SSSR count). The summed E-state index contributed by atoms with van der Waals surface area (Å²) in [6, 6.07) is 3.53. The van der Waals surface area contributed by atoms with Crippen molar-refractivity contribution in [2.45, 2.75) is 69.8 Å². The molecule has 1 aliphatic carbocycles. The number of likely N-dealkylation sites (tertiary alicyclic amines) is 2. The summed E-state index contributed by atoms with van der Waals surface area (Å²) in [6.45, 7) is 1.87. The first kappa shape index (κ1) is 29.1. The lowest BCUT2D eigenvalue weighted by atomic mass is 9.84. The molecule has 3 fully saturated rings. The lowest BCUT2D eigenvalue weighted by Crippen LogP contribution is -2.53. The molecule has 3 saturated heterocycles. The molecule has 0 saturated carbocycles. The van der Waals surface area contributed by atoms with E-state index in [9.17, 15) is 32.7 Å². The van der Waals surface area contributed by atoms with Gasteiger partial charge in [0.05, 0.1) is 11.4 Å². The Labute approximate surface area is 244 Å². The highest BCUT2D eigenvalue weighted by Gasteiger charge is 2.47. The molecule has 1 aromatic carbocycles. The number of carbonyl (C=O) groups excluding carboxylic acids is 3. The first-order valence-electron chi connectivity index (χ1n) is 14.5. The number of piperidine rings is 2. The van der Waals surface area contributed by atoms with Crippen LogP contribution in [0.1, 0.15) is 56.3 Å². The monoisotopic (exact) mass is 603 g/mol. The van der Waals surface area contributed by atoms with Crippen LogP contribution in [0.2, 0.25) is 0 Å². The van der Waals surface area contributed by atoms with Gasteiger partial charge in [-0.15, -0.1) is 5.10 Å². The van der Waals surface area contributed by atoms with Gasteiger partial charge in [-0.1, -0.05) is 6.42 Å².